The molecule has 1 fully saturated rings. The minimum atomic E-state index is 0.0759. The molecule has 2 atom stereocenters. The summed E-state index contributed by atoms with van der Waals surface area (Å²) in [5.74, 6) is 1.15. The first-order valence-electron chi connectivity index (χ1n) is 16.0. The number of rotatable bonds is 4. The van der Waals surface area contributed by atoms with Crippen molar-refractivity contribution in [2.45, 2.75) is 80.8 Å². The summed E-state index contributed by atoms with van der Waals surface area (Å²) in [5, 5.41) is 8.12. The maximum absolute atomic E-state index is 4.06. The van der Waals surface area contributed by atoms with Crippen LogP contribution in [-0.2, 0) is 0 Å². The Morgan fingerprint density at radius 1 is 0.523 bits per heavy atom. The van der Waals surface area contributed by atoms with Crippen LogP contribution in [0.5, 0.6) is 0 Å². The molecule has 2 heteroatoms. The van der Waals surface area contributed by atoms with E-state index in [4.69, 9.17) is 0 Å². The molecule has 2 N–H and O–H groups in total. The summed E-state index contributed by atoms with van der Waals surface area (Å²) in [6.45, 7) is 20.3. The van der Waals surface area contributed by atoms with Gasteiger partial charge < -0.3 is 10.6 Å². The van der Waals surface area contributed by atoms with Gasteiger partial charge in [-0.2, -0.15) is 0 Å². The van der Waals surface area contributed by atoms with Gasteiger partial charge >= 0.3 is 0 Å². The molecule has 0 bridgehead atoms. The van der Waals surface area contributed by atoms with Crippen molar-refractivity contribution in [3.05, 3.63) is 151 Å². The average Bonchev–Trinajstić information content (AvgIpc) is 3.39. The fourth-order valence-electron chi connectivity index (χ4n) is 7.82. The van der Waals surface area contributed by atoms with E-state index in [1.807, 2.05) is 0 Å². The molecule has 2 nitrogen and oxygen atoms in total. The van der Waals surface area contributed by atoms with Crippen LogP contribution < -0.4 is 10.6 Å². The predicted octanol–water partition coefficient (Wildman–Crippen LogP) is 10.6. The third-order valence-electron chi connectivity index (χ3n) is 9.96. The fourth-order valence-corrected chi connectivity index (χ4v) is 7.82. The Labute approximate surface area is 264 Å². The quantitative estimate of drug-likeness (QED) is 0.252. The van der Waals surface area contributed by atoms with Crippen molar-refractivity contribution in [2.75, 3.05) is 0 Å². The Hall–Kier alpha value is -4.30. The van der Waals surface area contributed by atoms with Crippen molar-refractivity contribution < 1.29 is 0 Å². The molecule has 4 aromatic rings. The first-order chi connectivity index (χ1) is 21.1. The highest BCUT2D eigenvalue weighted by molar-refractivity contribution is 5.77. The zero-order valence-electron chi connectivity index (χ0n) is 27.9. The molecule has 0 spiro atoms. The maximum atomic E-state index is 4.06. The van der Waals surface area contributed by atoms with Gasteiger partial charge in [0.2, 0.25) is 0 Å². The first-order valence-corrected chi connectivity index (χ1v) is 16.0. The summed E-state index contributed by atoms with van der Waals surface area (Å²) in [7, 11) is 0. The summed E-state index contributed by atoms with van der Waals surface area (Å²) in [6.07, 6.45) is 7.75. The number of hydrogen-bond donors (Lipinski definition) is 2. The van der Waals surface area contributed by atoms with E-state index in [1.54, 1.807) is 0 Å². The van der Waals surface area contributed by atoms with Crippen LogP contribution in [0.1, 0.15) is 81.1 Å². The SMILES string of the molecule is CC1=CC(=C2NC(c3c(C)ccc(-c4c(C)cccc4C)c3C)C(c3c(C)ccc(-c4c(C)cccc4C)c3C)N2)CC=C1. The van der Waals surface area contributed by atoms with Gasteiger partial charge in [-0.1, -0.05) is 84.5 Å². The highest BCUT2D eigenvalue weighted by atomic mass is 15.2. The van der Waals surface area contributed by atoms with Gasteiger partial charge in [-0.05, 0) is 152 Å². The molecule has 0 radical (unpaired) electrons. The van der Waals surface area contributed by atoms with Gasteiger partial charge in [0.15, 0.2) is 0 Å². The smallest absolute Gasteiger partial charge is 0.103 e. The second-order valence-electron chi connectivity index (χ2n) is 13.1. The van der Waals surface area contributed by atoms with Gasteiger partial charge in [0.25, 0.3) is 0 Å². The molecule has 1 aliphatic carbocycles. The van der Waals surface area contributed by atoms with Crippen LogP contribution in [-0.4, -0.2) is 0 Å². The molecule has 224 valence electrons. The van der Waals surface area contributed by atoms with Crippen molar-refractivity contribution in [3.63, 3.8) is 0 Å². The molecule has 1 aliphatic heterocycles. The van der Waals surface area contributed by atoms with Crippen LogP contribution in [0.15, 0.2) is 95.9 Å². The van der Waals surface area contributed by atoms with Crippen molar-refractivity contribution in [2.24, 2.45) is 0 Å². The fraction of sp³-hybridized carbons (Fsp3) is 0.286. The Morgan fingerprint density at radius 2 is 0.955 bits per heavy atom. The van der Waals surface area contributed by atoms with E-state index in [-0.39, 0.29) is 12.1 Å². The summed E-state index contributed by atoms with van der Waals surface area (Å²) in [6, 6.07) is 22.7. The van der Waals surface area contributed by atoms with E-state index in [9.17, 15) is 0 Å². The molecule has 0 amide bonds. The van der Waals surface area contributed by atoms with Crippen LogP contribution in [0.3, 0.4) is 0 Å². The van der Waals surface area contributed by atoms with Gasteiger partial charge in [0.1, 0.15) is 5.82 Å². The lowest BCUT2D eigenvalue weighted by Crippen LogP contribution is -2.22. The van der Waals surface area contributed by atoms with Crippen molar-refractivity contribution in [3.8, 4) is 22.3 Å². The van der Waals surface area contributed by atoms with Crippen LogP contribution in [0, 0.1) is 55.4 Å². The minimum Gasteiger partial charge on any atom is -0.362 e. The van der Waals surface area contributed by atoms with E-state index >= 15 is 0 Å². The highest BCUT2D eigenvalue weighted by Crippen LogP contribution is 2.45. The number of allylic oxidation sites excluding steroid dienone is 5. The molecule has 44 heavy (non-hydrogen) atoms. The Morgan fingerprint density at radius 3 is 1.36 bits per heavy atom. The average molecular weight is 579 g/mol. The minimum absolute atomic E-state index is 0.0759. The molecule has 1 saturated heterocycles. The normalized spacial score (nSPS) is 17.9. The molecule has 4 aromatic carbocycles. The summed E-state index contributed by atoms with van der Waals surface area (Å²) < 4.78 is 0. The second kappa shape index (κ2) is 11.7. The van der Waals surface area contributed by atoms with Crippen molar-refractivity contribution in [1.29, 1.82) is 0 Å². The Kier molecular flexibility index (Phi) is 7.88. The third kappa shape index (κ3) is 5.11. The Bertz CT molecular complexity index is 1720. The number of aryl methyl sites for hydroxylation is 6. The Balaban J connectivity index is 1.58. The van der Waals surface area contributed by atoms with E-state index in [1.165, 1.54) is 89.0 Å². The second-order valence-corrected chi connectivity index (χ2v) is 13.1. The molecule has 2 aliphatic rings. The van der Waals surface area contributed by atoms with E-state index in [0.717, 1.165) is 12.2 Å². The van der Waals surface area contributed by atoms with Gasteiger partial charge in [-0.15, -0.1) is 0 Å². The predicted molar refractivity (Wildman–Crippen MR) is 188 cm³/mol. The summed E-state index contributed by atoms with van der Waals surface area (Å²) in [4.78, 5) is 0. The molecule has 1 heterocycles. The highest BCUT2D eigenvalue weighted by Gasteiger charge is 2.37. The molecular formula is C42H46N2. The zero-order valence-corrected chi connectivity index (χ0v) is 27.9. The van der Waals surface area contributed by atoms with Gasteiger partial charge in [-0.25, -0.2) is 0 Å². The topological polar surface area (TPSA) is 24.1 Å². The lowest BCUT2D eigenvalue weighted by atomic mass is 9.80. The van der Waals surface area contributed by atoms with Crippen LogP contribution in [0.2, 0.25) is 0 Å². The van der Waals surface area contributed by atoms with Gasteiger partial charge in [-0.3, -0.25) is 0 Å². The zero-order chi connectivity index (χ0) is 31.3. The van der Waals surface area contributed by atoms with Crippen LogP contribution in [0.25, 0.3) is 22.3 Å². The third-order valence-corrected chi connectivity index (χ3v) is 9.96. The number of hydrogen-bond acceptors (Lipinski definition) is 2. The van der Waals surface area contributed by atoms with E-state index in [0.29, 0.717) is 0 Å². The van der Waals surface area contributed by atoms with E-state index < -0.39 is 0 Å². The molecule has 2 unspecified atom stereocenters. The molecule has 0 aromatic heterocycles. The number of benzene rings is 4. The van der Waals surface area contributed by atoms with Gasteiger partial charge in [0.05, 0.1) is 12.1 Å². The van der Waals surface area contributed by atoms with Crippen molar-refractivity contribution in [1.82, 2.24) is 10.6 Å². The van der Waals surface area contributed by atoms with Gasteiger partial charge in [0, 0.05) is 0 Å². The summed E-state index contributed by atoms with van der Waals surface area (Å²) in [5.41, 5.74) is 21.4. The lowest BCUT2D eigenvalue weighted by Gasteiger charge is -2.28. The number of nitrogens with one attached hydrogen (secondary N) is 2. The maximum Gasteiger partial charge on any atom is 0.103 e. The molecular weight excluding hydrogens is 532 g/mol. The summed E-state index contributed by atoms with van der Waals surface area (Å²) >= 11 is 0. The largest absolute Gasteiger partial charge is 0.362 e. The first kappa shape index (κ1) is 29.8. The van der Waals surface area contributed by atoms with Crippen LogP contribution >= 0.6 is 0 Å². The standard InChI is InChI=1S/C42H46N2/c1-24-13-10-18-33(23-24)42-43-40(38-29(6)19-21-34(31(38)8)36-25(2)14-11-15-26(36)3)41(44-42)39-30(7)20-22-35(32(39)9)37-27(4)16-12-17-28(37)5/h10-17,19-23,40-41,43-44H,18H2,1-9H3. The lowest BCUT2D eigenvalue weighted by molar-refractivity contribution is 0.544. The molecule has 0 saturated carbocycles. The van der Waals surface area contributed by atoms with E-state index in [2.05, 4.69) is 152 Å². The monoisotopic (exact) mass is 578 g/mol. The molecule has 6 rings (SSSR count). The van der Waals surface area contributed by atoms with Crippen molar-refractivity contribution >= 4 is 0 Å². The van der Waals surface area contributed by atoms with Crippen LogP contribution in [0.4, 0.5) is 0 Å².